The molecule has 0 aliphatic heterocycles. The lowest BCUT2D eigenvalue weighted by atomic mass is 9.76. The minimum Gasteiger partial charge on any atom is -0.427 e. The molecule has 1 aromatic heterocycles. The maximum absolute atomic E-state index is 10.6. The smallest absolute Gasteiger partial charge is 0.309 e. The van der Waals surface area contributed by atoms with Crippen LogP contribution in [0.4, 0.5) is 0 Å². The summed E-state index contributed by atoms with van der Waals surface area (Å²) < 4.78 is 12.5. The summed E-state index contributed by atoms with van der Waals surface area (Å²) >= 11 is 0. The van der Waals surface area contributed by atoms with Crippen LogP contribution in [0.15, 0.2) is 78.9 Å². The van der Waals surface area contributed by atoms with E-state index < -0.39 is 22.4 Å². The van der Waals surface area contributed by atoms with Gasteiger partial charge in [-0.25, -0.2) is 15.0 Å². The summed E-state index contributed by atoms with van der Waals surface area (Å²) in [5.41, 5.74) is 0.648. The zero-order valence-electron chi connectivity index (χ0n) is 26.0. The summed E-state index contributed by atoms with van der Waals surface area (Å²) in [6.07, 6.45) is 0. The highest BCUT2D eigenvalue weighted by atomic mass is 16.5. The first-order chi connectivity index (χ1) is 19.6. The van der Waals surface area contributed by atoms with Crippen molar-refractivity contribution in [2.75, 3.05) is 0 Å². The highest BCUT2D eigenvalue weighted by Gasteiger charge is 2.37. The van der Waals surface area contributed by atoms with E-state index in [9.17, 15) is 10.2 Å². The first-order valence-corrected chi connectivity index (χ1v) is 14.3. The van der Waals surface area contributed by atoms with E-state index in [2.05, 4.69) is 0 Å². The lowest BCUT2D eigenvalue weighted by molar-refractivity contribution is -0.0893. The van der Waals surface area contributed by atoms with Crippen LogP contribution in [0.5, 0.6) is 0 Å². The Morgan fingerprint density at radius 3 is 1.17 bits per heavy atom. The van der Waals surface area contributed by atoms with Gasteiger partial charge in [0.2, 0.25) is 0 Å². The molecule has 9 heteroatoms. The molecule has 218 valence electrons. The average molecular weight is 565 g/mol. The lowest BCUT2D eigenvalue weighted by Crippen LogP contribution is -2.50. The topological polar surface area (TPSA) is 97.6 Å². The Kier molecular flexibility index (Phi) is 9.09. The number of rotatable bonds is 11. The van der Waals surface area contributed by atoms with E-state index in [-0.39, 0.29) is 15.0 Å². The normalized spacial score (nSPS) is 12.7. The SMILES string of the molecule is CC(C)(O)C(C)(C)OBc1cc(BOC(C)(C)C(C)(C)O)cc(-c2nc(-c3ccccc3)nc(-c3ccccc3)n2)c1. The van der Waals surface area contributed by atoms with Crippen molar-refractivity contribution >= 4 is 25.9 Å². The highest BCUT2D eigenvalue weighted by molar-refractivity contribution is 6.52. The monoisotopic (exact) mass is 565 g/mol. The molecule has 0 radical (unpaired) electrons. The van der Waals surface area contributed by atoms with Gasteiger partial charge in [-0.15, -0.1) is 0 Å². The molecular formula is C33H41B2N3O4. The van der Waals surface area contributed by atoms with Gasteiger partial charge in [0.05, 0.1) is 22.4 Å². The van der Waals surface area contributed by atoms with Crippen molar-refractivity contribution in [2.24, 2.45) is 0 Å². The van der Waals surface area contributed by atoms with Crippen LogP contribution in [0.1, 0.15) is 55.4 Å². The van der Waals surface area contributed by atoms with Crippen LogP contribution < -0.4 is 10.9 Å². The molecule has 0 amide bonds. The molecule has 0 spiro atoms. The van der Waals surface area contributed by atoms with Crippen molar-refractivity contribution in [2.45, 2.75) is 77.8 Å². The Morgan fingerprint density at radius 2 is 0.833 bits per heavy atom. The summed E-state index contributed by atoms with van der Waals surface area (Å²) in [5.74, 6) is 1.67. The van der Waals surface area contributed by atoms with E-state index in [1.54, 1.807) is 27.7 Å². The van der Waals surface area contributed by atoms with Crippen LogP contribution >= 0.6 is 0 Å². The summed E-state index contributed by atoms with van der Waals surface area (Å²) in [4.78, 5) is 14.6. The van der Waals surface area contributed by atoms with Crippen molar-refractivity contribution in [3.05, 3.63) is 78.9 Å². The van der Waals surface area contributed by atoms with Crippen LogP contribution in [-0.2, 0) is 9.31 Å². The van der Waals surface area contributed by atoms with Gasteiger partial charge in [-0.2, -0.15) is 0 Å². The Labute approximate surface area is 251 Å². The minimum absolute atomic E-state index is 0.259. The maximum Gasteiger partial charge on any atom is 0.309 e. The van der Waals surface area contributed by atoms with E-state index in [1.807, 2.05) is 107 Å². The van der Waals surface area contributed by atoms with Crippen molar-refractivity contribution in [1.29, 1.82) is 0 Å². The first-order valence-electron chi connectivity index (χ1n) is 14.3. The quantitative estimate of drug-likeness (QED) is 0.266. The van der Waals surface area contributed by atoms with Crippen molar-refractivity contribution < 1.29 is 19.5 Å². The van der Waals surface area contributed by atoms with Gasteiger partial charge in [0.15, 0.2) is 17.5 Å². The van der Waals surface area contributed by atoms with Gasteiger partial charge in [-0.1, -0.05) is 89.8 Å². The van der Waals surface area contributed by atoms with E-state index in [1.165, 1.54) is 0 Å². The summed E-state index contributed by atoms with van der Waals surface area (Å²) in [6.45, 7) is 14.4. The molecule has 42 heavy (non-hydrogen) atoms. The second-order valence-corrected chi connectivity index (χ2v) is 12.8. The summed E-state index contributed by atoms with van der Waals surface area (Å²) in [5, 5.41) is 21.3. The van der Waals surface area contributed by atoms with Crippen molar-refractivity contribution in [3.8, 4) is 34.2 Å². The molecule has 0 unspecified atom stereocenters. The Balaban J connectivity index is 1.81. The average Bonchev–Trinajstić information content (AvgIpc) is 2.94. The summed E-state index contributed by atoms with van der Waals surface area (Å²) in [7, 11) is 0.518. The second kappa shape index (κ2) is 12.1. The zero-order chi connectivity index (χ0) is 30.8. The van der Waals surface area contributed by atoms with E-state index in [4.69, 9.17) is 24.3 Å². The lowest BCUT2D eigenvalue weighted by Gasteiger charge is -2.38. The maximum atomic E-state index is 10.6. The van der Waals surface area contributed by atoms with Crippen LogP contribution in [0.25, 0.3) is 34.2 Å². The molecule has 0 saturated carbocycles. The number of aromatic nitrogens is 3. The Hall–Kier alpha value is -3.36. The molecule has 4 aromatic rings. The number of hydrogen-bond acceptors (Lipinski definition) is 7. The van der Waals surface area contributed by atoms with Crippen molar-refractivity contribution in [3.63, 3.8) is 0 Å². The molecule has 0 fully saturated rings. The van der Waals surface area contributed by atoms with Gasteiger partial charge in [0, 0.05) is 16.7 Å². The first kappa shape index (κ1) is 31.6. The molecule has 1 heterocycles. The van der Waals surface area contributed by atoms with Gasteiger partial charge < -0.3 is 19.5 Å². The van der Waals surface area contributed by atoms with E-state index in [0.717, 1.165) is 27.6 Å². The fourth-order valence-electron chi connectivity index (χ4n) is 3.88. The van der Waals surface area contributed by atoms with Gasteiger partial charge in [0.1, 0.15) is 0 Å². The molecule has 0 aliphatic carbocycles. The van der Waals surface area contributed by atoms with Crippen LogP contribution in [0.3, 0.4) is 0 Å². The largest absolute Gasteiger partial charge is 0.427 e. The van der Waals surface area contributed by atoms with Crippen molar-refractivity contribution in [1.82, 2.24) is 15.0 Å². The fourth-order valence-corrected chi connectivity index (χ4v) is 3.88. The van der Waals surface area contributed by atoms with Gasteiger partial charge >= 0.3 is 15.0 Å². The van der Waals surface area contributed by atoms with E-state index in [0.29, 0.717) is 17.5 Å². The molecule has 0 aliphatic rings. The predicted molar refractivity (Wildman–Crippen MR) is 173 cm³/mol. The third-order valence-corrected chi connectivity index (χ3v) is 8.16. The van der Waals surface area contributed by atoms with Gasteiger partial charge in [0.25, 0.3) is 0 Å². The Morgan fingerprint density at radius 1 is 0.500 bits per heavy atom. The fraction of sp³-hybridized carbons (Fsp3) is 0.364. The van der Waals surface area contributed by atoms with E-state index >= 15 is 0 Å². The minimum atomic E-state index is -1.04. The zero-order valence-corrected chi connectivity index (χ0v) is 26.0. The van der Waals surface area contributed by atoms with Crippen LogP contribution in [0, 0.1) is 0 Å². The third kappa shape index (κ3) is 7.53. The number of nitrogens with zero attached hydrogens (tertiary/aromatic N) is 3. The molecule has 3 aromatic carbocycles. The van der Waals surface area contributed by atoms with Gasteiger partial charge in [-0.3, -0.25) is 0 Å². The number of benzene rings is 3. The highest BCUT2D eigenvalue weighted by Crippen LogP contribution is 2.27. The Bertz CT molecular complexity index is 1390. The standard InChI is InChI=1S/C33H41B2N3O4/c1-30(2,39)32(5,6)41-34-25-19-24(20-26(21-25)35-42-33(7,8)31(3,4)40)29-37-27(22-15-11-9-12-16-22)36-28(38-29)23-17-13-10-14-18-23/h9-21,34-35,39-40H,1-8H3. The second-order valence-electron chi connectivity index (χ2n) is 12.8. The van der Waals surface area contributed by atoms with Crippen LogP contribution in [-0.4, -0.2) is 62.5 Å². The summed E-state index contributed by atoms with van der Waals surface area (Å²) in [6, 6.07) is 25.7. The molecule has 0 atom stereocenters. The number of hydrogen-bond donors (Lipinski definition) is 2. The third-order valence-electron chi connectivity index (χ3n) is 8.16. The molecule has 0 bridgehead atoms. The molecule has 7 nitrogen and oxygen atoms in total. The molecular weight excluding hydrogens is 524 g/mol. The number of aliphatic hydroxyl groups is 2. The molecule has 2 N–H and O–H groups in total. The van der Waals surface area contributed by atoms with Gasteiger partial charge in [-0.05, 0) is 55.4 Å². The molecule has 4 rings (SSSR count). The van der Waals surface area contributed by atoms with Crippen LogP contribution in [0.2, 0.25) is 0 Å². The predicted octanol–water partition coefficient (Wildman–Crippen LogP) is 3.96. The molecule has 0 saturated heterocycles.